The molecular formula is C15H24O3. The predicted octanol–water partition coefficient (Wildman–Crippen LogP) is 3.60. The van der Waals surface area contributed by atoms with Crippen LogP contribution >= 0.6 is 0 Å². The standard InChI is InChI=1S/C13H18O3.C2H6/c1-9(14)13(2,3)10-6-7-11(15-4)12(8-10)16-5;1-2/h6-8H,1-5H3;1-2H3. The Labute approximate surface area is 110 Å². The molecule has 3 nitrogen and oxygen atoms in total. The highest BCUT2D eigenvalue weighted by Gasteiger charge is 2.26. The Bertz CT molecular complexity index is 395. The summed E-state index contributed by atoms with van der Waals surface area (Å²) in [6.07, 6.45) is 0. The van der Waals surface area contributed by atoms with E-state index in [0.717, 1.165) is 5.56 Å². The fourth-order valence-corrected chi connectivity index (χ4v) is 1.43. The Morgan fingerprint density at radius 1 is 1.06 bits per heavy atom. The molecule has 3 heteroatoms. The van der Waals surface area contributed by atoms with E-state index in [2.05, 4.69) is 0 Å². The molecule has 102 valence electrons. The number of methoxy groups -OCH3 is 2. The average molecular weight is 252 g/mol. The molecule has 0 amide bonds. The van der Waals surface area contributed by atoms with Crippen LogP contribution in [0.25, 0.3) is 0 Å². The van der Waals surface area contributed by atoms with E-state index in [1.54, 1.807) is 21.1 Å². The van der Waals surface area contributed by atoms with Gasteiger partial charge in [0, 0.05) is 5.41 Å². The van der Waals surface area contributed by atoms with Crippen molar-refractivity contribution in [2.24, 2.45) is 0 Å². The van der Waals surface area contributed by atoms with E-state index in [4.69, 9.17) is 9.47 Å². The van der Waals surface area contributed by atoms with Crippen LogP contribution in [-0.2, 0) is 10.2 Å². The van der Waals surface area contributed by atoms with Gasteiger partial charge in [-0.2, -0.15) is 0 Å². The summed E-state index contributed by atoms with van der Waals surface area (Å²) < 4.78 is 10.4. The molecule has 0 bridgehead atoms. The number of benzene rings is 1. The van der Waals surface area contributed by atoms with E-state index in [1.165, 1.54) is 0 Å². The fraction of sp³-hybridized carbons (Fsp3) is 0.533. The number of ketones is 1. The summed E-state index contributed by atoms with van der Waals surface area (Å²) in [6.45, 7) is 9.39. The highest BCUT2D eigenvalue weighted by molar-refractivity contribution is 5.87. The van der Waals surface area contributed by atoms with Crippen molar-refractivity contribution in [1.29, 1.82) is 0 Å². The Hall–Kier alpha value is -1.51. The van der Waals surface area contributed by atoms with Crippen LogP contribution in [0.5, 0.6) is 11.5 Å². The van der Waals surface area contributed by atoms with Gasteiger partial charge in [-0.25, -0.2) is 0 Å². The van der Waals surface area contributed by atoms with Gasteiger partial charge in [0.1, 0.15) is 5.78 Å². The molecule has 0 aromatic heterocycles. The number of carbonyl (C=O) groups is 1. The van der Waals surface area contributed by atoms with E-state index >= 15 is 0 Å². The lowest BCUT2D eigenvalue weighted by molar-refractivity contribution is -0.121. The second-order valence-corrected chi connectivity index (χ2v) is 4.25. The van der Waals surface area contributed by atoms with Crippen molar-refractivity contribution >= 4 is 5.78 Å². The quantitative estimate of drug-likeness (QED) is 0.821. The van der Waals surface area contributed by atoms with Gasteiger partial charge in [-0.15, -0.1) is 0 Å². The van der Waals surface area contributed by atoms with Crippen molar-refractivity contribution < 1.29 is 14.3 Å². The van der Waals surface area contributed by atoms with E-state index in [-0.39, 0.29) is 5.78 Å². The zero-order chi connectivity index (χ0) is 14.3. The number of ether oxygens (including phenoxy) is 2. The third-order valence-corrected chi connectivity index (χ3v) is 2.99. The molecule has 0 aliphatic heterocycles. The molecule has 0 radical (unpaired) electrons. The molecular weight excluding hydrogens is 228 g/mol. The zero-order valence-corrected chi connectivity index (χ0v) is 12.5. The summed E-state index contributed by atoms with van der Waals surface area (Å²) in [7, 11) is 3.18. The second kappa shape index (κ2) is 7.04. The molecule has 1 aromatic rings. The lowest BCUT2D eigenvalue weighted by Crippen LogP contribution is -2.26. The molecule has 0 heterocycles. The first kappa shape index (κ1) is 16.5. The molecule has 0 saturated heterocycles. The first-order valence-corrected chi connectivity index (χ1v) is 6.17. The van der Waals surface area contributed by atoms with Crippen LogP contribution in [0.15, 0.2) is 18.2 Å². The van der Waals surface area contributed by atoms with Gasteiger partial charge in [-0.1, -0.05) is 19.9 Å². The first-order chi connectivity index (χ1) is 8.43. The van der Waals surface area contributed by atoms with Crippen LogP contribution in [0, 0.1) is 0 Å². The van der Waals surface area contributed by atoms with Gasteiger partial charge in [0.2, 0.25) is 0 Å². The Balaban J connectivity index is 0.00000137. The van der Waals surface area contributed by atoms with Crippen molar-refractivity contribution in [3.63, 3.8) is 0 Å². The van der Waals surface area contributed by atoms with Gasteiger partial charge in [-0.05, 0) is 38.5 Å². The van der Waals surface area contributed by atoms with E-state index in [0.29, 0.717) is 11.5 Å². The van der Waals surface area contributed by atoms with Crippen LogP contribution in [0.1, 0.15) is 40.2 Å². The van der Waals surface area contributed by atoms with Crippen molar-refractivity contribution in [3.8, 4) is 11.5 Å². The first-order valence-electron chi connectivity index (χ1n) is 6.17. The largest absolute Gasteiger partial charge is 0.493 e. The number of carbonyl (C=O) groups excluding carboxylic acids is 1. The average Bonchev–Trinajstić information content (AvgIpc) is 2.39. The molecule has 0 atom stereocenters. The third kappa shape index (κ3) is 3.49. The van der Waals surface area contributed by atoms with Crippen LogP contribution in [-0.4, -0.2) is 20.0 Å². The molecule has 1 aromatic carbocycles. The summed E-state index contributed by atoms with van der Waals surface area (Å²) in [5.74, 6) is 1.44. The van der Waals surface area contributed by atoms with Gasteiger partial charge in [0.25, 0.3) is 0 Å². The molecule has 0 N–H and O–H groups in total. The zero-order valence-electron chi connectivity index (χ0n) is 12.5. The maximum Gasteiger partial charge on any atom is 0.161 e. The Kier molecular flexibility index (Phi) is 6.45. The monoisotopic (exact) mass is 252 g/mol. The van der Waals surface area contributed by atoms with Crippen molar-refractivity contribution in [2.45, 2.75) is 40.0 Å². The maximum atomic E-state index is 11.5. The SMILES string of the molecule is CC.COc1ccc(C(C)(C)C(C)=O)cc1OC. The van der Waals surface area contributed by atoms with Crippen LogP contribution in [0.4, 0.5) is 0 Å². The highest BCUT2D eigenvalue weighted by atomic mass is 16.5. The van der Waals surface area contributed by atoms with Gasteiger partial charge in [0.05, 0.1) is 14.2 Å². The van der Waals surface area contributed by atoms with Crippen LogP contribution < -0.4 is 9.47 Å². The Morgan fingerprint density at radius 3 is 1.94 bits per heavy atom. The summed E-state index contributed by atoms with van der Waals surface area (Å²) in [4.78, 5) is 11.5. The van der Waals surface area contributed by atoms with Gasteiger partial charge in [-0.3, -0.25) is 4.79 Å². The molecule has 0 aliphatic carbocycles. The van der Waals surface area contributed by atoms with E-state index < -0.39 is 5.41 Å². The normalized spacial score (nSPS) is 10.2. The molecule has 0 aliphatic rings. The van der Waals surface area contributed by atoms with E-state index in [9.17, 15) is 4.79 Å². The number of hydrogen-bond donors (Lipinski definition) is 0. The smallest absolute Gasteiger partial charge is 0.161 e. The molecule has 0 fully saturated rings. The minimum absolute atomic E-state index is 0.125. The number of hydrogen-bond acceptors (Lipinski definition) is 3. The van der Waals surface area contributed by atoms with Crippen molar-refractivity contribution in [2.75, 3.05) is 14.2 Å². The second-order valence-electron chi connectivity index (χ2n) is 4.25. The summed E-state index contributed by atoms with van der Waals surface area (Å²) in [6, 6.07) is 5.56. The lowest BCUT2D eigenvalue weighted by Gasteiger charge is -2.22. The molecule has 0 saturated carbocycles. The topological polar surface area (TPSA) is 35.5 Å². The van der Waals surface area contributed by atoms with Gasteiger partial charge < -0.3 is 9.47 Å². The van der Waals surface area contributed by atoms with Crippen LogP contribution in [0.3, 0.4) is 0 Å². The molecule has 18 heavy (non-hydrogen) atoms. The van der Waals surface area contributed by atoms with E-state index in [1.807, 2.05) is 45.9 Å². The maximum absolute atomic E-state index is 11.5. The fourth-order valence-electron chi connectivity index (χ4n) is 1.43. The number of rotatable bonds is 4. The molecule has 1 rings (SSSR count). The summed E-state index contributed by atoms with van der Waals surface area (Å²) >= 11 is 0. The van der Waals surface area contributed by atoms with Crippen LogP contribution in [0.2, 0.25) is 0 Å². The highest BCUT2D eigenvalue weighted by Crippen LogP contribution is 2.33. The third-order valence-electron chi connectivity index (χ3n) is 2.99. The lowest BCUT2D eigenvalue weighted by atomic mass is 9.81. The minimum Gasteiger partial charge on any atom is -0.493 e. The van der Waals surface area contributed by atoms with Gasteiger partial charge >= 0.3 is 0 Å². The summed E-state index contributed by atoms with van der Waals surface area (Å²) in [5, 5.41) is 0. The molecule has 0 spiro atoms. The number of Topliss-reactive ketones (excluding diaryl/α,β-unsaturated/α-hetero) is 1. The summed E-state index contributed by atoms with van der Waals surface area (Å²) in [5.41, 5.74) is 0.428. The predicted molar refractivity (Wildman–Crippen MR) is 74.6 cm³/mol. The van der Waals surface area contributed by atoms with Crippen molar-refractivity contribution in [1.82, 2.24) is 0 Å². The Morgan fingerprint density at radius 2 is 1.56 bits per heavy atom. The minimum atomic E-state index is -0.500. The van der Waals surface area contributed by atoms with Crippen molar-refractivity contribution in [3.05, 3.63) is 23.8 Å². The van der Waals surface area contributed by atoms with Gasteiger partial charge in [0.15, 0.2) is 11.5 Å². The molecule has 0 unspecified atom stereocenters.